The smallest absolute Gasteiger partial charge is 0.748 e. The molecule has 0 radical (unpaired) electrons. The van der Waals surface area contributed by atoms with Gasteiger partial charge in [-0.25, -0.2) is 21.6 Å². The van der Waals surface area contributed by atoms with Gasteiger partial charge in [0.1, 0.15) is 21.6 Å². The number of hydrogen-bond donors (Lipinski definition) is 0. The van der Waals surface area contributed by atoms with Gasteiger partial charge >= 0.3 is 65.1 Å². The van der Waals surface area contributed by atoms with Crippen molar-refractivity contribution in [1.29, 1.82) is 0 Å². The average molecular weight is 678 g/mol. The number of rotatable bonds is 12. The van der Waals surface area contributed by atoms with Crippen LogP contribution in [0.4, 0.5) is 16.3 Å². The minimum absolute atomic E-state index is 0. The molecule has 1 fully saturated rings. The molecule has 2 amide bonds. The SMILES string of the molecule is CCN1C(=CC=C2C(=S)N(CCCS(=O)(=O)[O-])C(=O)N(CCCS(=O)(=O)[O-])C2=S)N(CC)c2c1cc(C)n2CC.[Na+].[Na+]. The summed E-state index contributed by atoms with van der Waals surface area (Å²) < 4.78 is 68.9. The number of fused-ring (bicyclic) bond motifs is 1. The Hall–Kier alpha value is -0.370. The largest absolute Gasteiger partial charge is 1.00 e. The number of carbonyl (C=O) groups is 1. The second kappa shape index (κ2) is 16.3. The van der Waals surface area contributed by atoms with E-state index in [9.17, 15) is 30.7 Å². The topological polar surface area (TPSA) is 149 Å². The summed E-state index contributed by atoms with van der Waals surface area (Å²) in [6, 6.07) is 1.46. The molecule has 222 valence electrons. The van der Waals surface area contributed by atoms with E-state index in [1.807, 2.05) is 19.9 Å². The van der Waals surface area contributed by atoms with Crippen LogP contribution in [0.5, 0.6) is 0 Å². The van der Waals surface area contributed by atoms with Gasteiger partial charge in [-0.1, -0.05) is 24.4 Å². The van der Waals surface area contributed by atoms with E-state index in [-0.39, 0.29) is 95.0 Å². The molecule has 42 heavy (non-hydrogen) atoms. The van der Waals surface area contributed by atoms with Crippen molar-refractivity contribution in [2.75, 3.05) is 47.5 Å². The standard InChI is InChI=1S/C24H35N5O7S4.2Na/c1-5-25-17(4)16-19-21(25)27(7-3)20(26(19)6-2)11-10-18-22(37)28(12-8-14-39(31,32)33)24(30)29(23(18)38)13-9-15-40(34,35)36;;/h10-11,16H,5-9,12-15H2,1-4H3,(H,31,32,33)(H,34,35,36);;/q;2*+1/p-2. The summed E-state index contributed by atoms with van der Waals surface area (Å²) in [7, 11) is -9.01. The molecule has 3 rings (SSSR count). The minimum atomic E-state index is -4.51. The molecule has 0 saturated carbocycles. The maximum Gasteiger partial charge on any atom is 1.00 e. The first-order valence-corrected chi connectivity index (χ1v) is 16.8. The maximum atomic E-state index is 13.2. The molecule has 1 saturated heterocycles. The molecule has 0 atom stereocenters. The number of allylic oxidation sites excluding steroid dienone is 2. The van der Waals surface area contributed by atoms with Gasteiger partial charge in [-0.05, 0) is 58.8 Å². The van der Waals surface area contributed by atoms with Crippen molar-refractivity contribution in [2.45, 2.75) is 47.1 Å². The van der Waals surface area contributed by atoms with Crippen LogP contribution < -0.4 is 68.9 Å². The first-order chi connectivity index (χ1) is 18.6. The van der Waals surface area contributed by atoms with Gasteiger partial charge in [0.2, 0.25) is 0 Å². The van der Waals surface area contributed by atoms with Gasteiger partial charge in [-0.15, -0.1) is 0 Å². The summed E-state index contributed by atoms with van der Waals surface area (Å²) in [4.78, 5) is 20.0. The molecule has 0 N–H and O–H groups in total. The fourth-order valence-electron chi connectivity index (χ4n) is 4.92. The van der Waals surface area contributed by atoms with Crippen molar-refractivity contribution < 1.29 is 89.9 Å². The van der Waals surface area contributed by atoms with Crippen LogP contribution in [0.3, 0.4) is 0 Å². The Morgan fingerprint density at radius 3 is 1.67 bits per heavy atom. The van der Waals surface area contributed by atoms with Gasteiger partial charge in [0.25, 0.3) is 0 Å². The fraction of sp³-hybridized carbons (Fsp3) is 0.542. The van der Waals surface area contributed by atoms with Crippen molar-refractivity contribution >= 4 is 72.2 Å². The number of thiocarbonyl (C=S) groups is 2. The molecule has 0 aromatic carbocycles. The minimum Gasteiger partial charge on any atom is -0.748 e. The Labute approximate surface area is 303 Å². The van der Waals surface area contributed by atoms with Crippen LogP contribution in [0.1, 0.15) is 39.3 Å². The number of aryl methyl sites for hydroxylation is 1. The summed E-state index contributed by atoms with van der Waals surface area (Å²) in [5.41, 5.74) is 2.55. The Morgan fingerprint density at radius 2 is 1.26 bits per heavy atom. The third-order valence-corrected chi connectivity index (χ3v) is 9.13. The van der Waals surface area contributed by atoms with Crippen LogP contribution in [0.15, 0.2) is 29.6 Å². The quantitative estimate of drug-likeness (QED) is 0.0940. The molecule has 2 aliphatic rings. The Kier molecular flexibility index (Phi) is 15.4. The molecule has 18 heteroatoms. The first-order valence-electron chi connectivity index (χ1n) is 12.9. The summed E-state index contributed by atoms with van der Waals surface area (Å²) >= 11 is 11.2. The number of anilines is 2. The number of aromatic nitrogens is 1. The summed E-state index contributed by atoms with van der Waals surface area (Å²) in [6.45, 7) is 10.1. The van der Waals surface area contributed by atoms with Gasteiger partial charge in [0, 0.05) is 55.5 Å². The van der Waals surface area contributed by atoms with Crippen LogP contribution in [-0.4, -0.2) is 94.0 Å². The normalized spacial score (nSPS) is 16.7. The Balaban J connectivity index is 0.00000441. The van der Waals surface area contributed by atoms with E-state index >= 15 is 0 Å². The zero-order valence-electron chi connectivity index (χ0n) is 24.8. The van der Waals surface area contributed by atoms with E-state index in [1.54, 1.807) is 6.08 Å². The molecular formula is C24H33N5Na2O7S4. The maximum absolute atomic E-state index is 13.2. The molecule has 12 nitrogen and oxygen atoms in total. The number of amides is 2. The van der Waals surface area contributed by atoms with Crippen molar-refractivity contribution in [2.24, 2.45) is 0 Å². The second-order valence-corrected chi connectivity index (χ2v) is 13.1. The molecule has 0 spiro atoms. The Morgan fingerprint density at radius 1 is 0.786 bits per heavy atom. The summed E-state index contributed by atoms with van der Waals surface area (Å²) in [5.74, 6) is 0.575. The summed E-state index contributed by atoms with van der Waals surface area (Å²) in [5, 5.41) is 0. The number of carbonyl (C=O) groups excluding carboxylic acids is 1. The van der Waals surface area contributed by atoms with Crippen molar-refractivity contribution in [3.8, 4) is 0 Å². The van der Waals surface area contributed by atoms with E-state index < -0.39 is 37.8 Å². The molecule has 2 aliphatic heterocycles. The predicted octanol–water partition coefficient (Wildman–Crippen LogP) is -3.48. The Bertz CT molecular complexity index is 1410. The van der Waals surface area contributed by atoms with Gasteiger partial charge in [0.05, 0.1) is 25.9 Å². The second-order valence-electron chi connectivity index (χ2n) is 9.26. The van der Waals surface area contributed by atoms with Gasteiger partial charge in [0.15, 0.2) is 0 Å². The van der Waals surface area contributed by atoms with Crippen LogP contribution >= 0.6 is 24.4 Å². The molecular weight excluding hydrogens is 645 g/mol. The van der Waals surface area contributed by atoms with Crippen molar-refractivity contribution in [3.05, 3.63) is 35.3 Å². The predicted molar refractivity (Wildman–Crippen MR) is 159 cm³/mol. The average Bonchev–Trinajstić information content (AvgIpc) is 3.32. The van der Waals surface area contributed by atoms with Gasteiger partial charge in [-0.2, -0.15) is 0 Å². The van der Waals surface area contributed by atoms with Crippen LogP contribution in [0.25, 0.3) is 0 Å². The number of urea groups is 1. The molecule has 1 aromatic heterocycles. The molecule has 1 aromatic rings. The van der Waals surface area contributed by atoms with E-state index in [1.165, 1.54) is 0 Å². The van der Waals surface area contributed by atoms with E-state index in [4.69, 9.17) is 24.4 Å². The third kappa shape index (κ3) is 9.10. The van der Waals surface area contributed by atoms with Crippen LogP contribution in [0, 0.1) is 6.92 Å². The zero-order valence-corrected chi connectivity index (χ0v) is 32.1. The first kappa shape index (κ1) is 39.7. The zero-order chi connectivity index (χ0) is 30.0. The van der Waals surface area contributed by atoms with Crippen LogP contribution in [0.2, 0.25) is 0 Å². The van der Waals surface area contributed by atoms with E-state index in [2.05, 4.69) is 34.3 Å². The van der Waals surface area contributed by atoms with Crippen molar-refractivity contribution in [1.82, 2.24) is 14.4 Å². The van der Waals surface area contributed by atoms with Gasteiger partial charge < -0.3 is 23.5 Å². The molecule has 0 bridgehead atoms. The molecule has 0 unspecified atom stereocenters. The number of hydrogen-bond acceptors (Lipinski definition) is 11. The monoisotopic (exact) mass is 677 g/mol. The molecule has 0 aliphatic carbocycles. The van der Waals surface area contributed by atoms with E-state index in [0.717, 1.165) is 39.4 Å². The van der Waals surface area contributed by atoms with Crippen LogP contribution in [-0.2, 0) is 26.8 Å². The third-order valence-electron chi connectivity index (χ3n) is 6.67. The summed E-state index contributed by atoms with van der Waals surface area (Å²) in [6.07, 6.45) is 3.25. The molecule has 3 heterocycles. The fourth-order valence-corrected chi connectivity index (χ4v) is 6.62. The van der Waals surface area contributed by atoms with E-state index in [0.29, 0.717) is 18.7 Å². The van der Waals surface area contributed by atoms with Gasteiger partial charge in [-0.3, -0.25) is 9.80 Å². The van der Waals surface area contributed by atoms with Crippen molar-refractivity contribution in [3.63, 3.8) is 0 Å². The number of nitrogens with zero attached hydrogens (tertiary/aromatic N) is 5.